The molecule has 0 spiro atoms. The Hall–Kier alpha value is -0.345. The maximum absolute atomic E-state index is 10.1. The first-order valence-electron chi connectivity index (χ1n) is 3.63. The van der Waals surface area contributed by atoms with Gasteiger partial charge in [0.1, 0.15) is 0 Å². The smallest absolute Gasteiger partial charge is 0.208 e. The minimum absolute atomic E-state index is 0.0116. The molecule has 0 aliphatic heterocycles. The fraction of sp³-hybridized carbons (Fsp3) is 0.833. The van der Waals surface area contributed by atoms with Gasteiger partial charge in [-0.1, -0.05) is 0 Å². The lowest BCUT2D eigenvalue weighted by Gasteiger charge is -2.13. The van der Waals surface area contributed by atoms with E-state index in [0.717, 1.165) is 19.0 Å². The largest absolute Gasteiger partial charge is 0.393 e. The van der Waals surface area contributed by atoms with Crippen LogP contribution in [0.15, 0.2) is 0 Å². The molecule has 1 aliphatic carbocycles. The molecule has 1 aliphatic rings. The summed E-state index contributed by atoms with van der Waals surface area (Å²) in [6.07, 6.45) is 2.08. The van der Waals surface area contributed by atoms with Crippen LogP contribution in [-0.2, 0) is 4.79 Å². The van der Waals surface area contributed by atoms with Crippen molar-refractivity contribution in [3.63, 3.8) is 0 Å². The Bertz CT molecular complexity index is 121. The van der Waals surface area contributed by atoms with Gasteiger partial charge < -0.3 is 15.6 Å². The molecule has 3 atom stereocenters. The topological polar surface area (TPSA) is 63.3 Å². The van der Waals surface area contributed by atoms with Gasteiger partial charge in [0.15, 0.2) is 0 Å². The highest BCUT2D eigenvalue weighted by Gasteiger charge is 2.32. The zero-order chi connectivity index (χ0) is 7.56. The van der Waals surface area contributed by atoms with Crippen LogP contribution in [0.5, 0.6) is 0 Å². The van der Waals surface area contributed by atoms with Crippen LogP contribution in [0.2, 0.25) is 5.82 Å². The molecule has 0 saturated heterocycles. The van der Waals surface area contributed by atoms with Gasteiger partial charge in [-0.05, 0) is 18.7 Å². The maximum atomic E-state index is 10.1. The van der Waals surface area contributed by atoms with Crippen LogP contribution in [0.4, 0.5) is 0 Å². The van der Waals surface area contributed by atoms with E-state index in [4.69, 9.17) is 5.73 Å². The molecule has 3 nitrogen and oxygen atoms in total. The Morgan fingerprint density at radius 1 is 1.60 bits per heavy atom. The van der Waals surface area contributed by atoms with Crippen molar-refractivity contribution in [2.75, 3.05) is 0 Å². The average Bonchev–Trinajstić information content (AvgIpc) is 2.20. The molecule has 0 aromatic heterocycles. The SMILES string of the molecule is N[C@H]1CCC(O)[C@@H]1BC=O. The van der Waals surface area contributed by atoms with Crippen molar-refractivity contribution in [3.05, 3.63) is 0 Å². The van der Waals surface area contributed by atoms with Crippen LogP contribution in [0.25, 0.3) is 0 Å². The molecule has 1 saturated carbocycles. The third kappa shape index (κ3) is 1.38. The summed E-state index contributed by atoms with van der Waals surface area (Å²) >= 11 is 0. The van der Waals surface area contributed by atoms with Crippen LogP contribution < -0.4 is 5.73 Å². The molecule has 4 heteroatoms. The van der Waals surface area contributed by atoms with Gasteiger partial charge in [-0.15, -0.1) is 0 Å². The summed E-state index contributed by atoms with van der Waals surface area (Å²) in [5, 5.41) is 9.25. The van der Waals surface area contributed by atoms with Crippen molar-refractivity contribution in [2.24, 2.45) is 5.73 Å². The highest BCUT2D eigenvalue weighted by Crippen LogP contribution is 2.28. The monoisotopic (exact) mass is 141 g/mol. The molecule has 3 N–H and O–H groups in total. The average molecular weight is 141 g/mol. The summed E-state index contributed by atoms with van der Waals surface area (Å²) in [6, 6.07) is 0.0280. The zero-order valence-electron chi connectivity index (χ0n) is 5.86. The lowest BCUT2D eigenvalue weighted by atomic mass is 9.63. The van der Waals surface area contributed by atoms with Gasteiger partial charge >= 0.3 is 0 Å². The van der Waals surface area contributed by atoms with E-state index in [1.807, 2.05) is 0 Å². The summed E-state index contributed by atoms with van der Waals surface area (Å²) in [6.45, 7) is 0. The molecule has 0 aromatic rings. The first kappa shape index (κ1) is 7.76. The van der Waals surface area contributed by atoms with E-state index >= 15 is 0 Å². The van der Waals surface area contributed by atoms with Crippen LogP contribution in [-0.4, -0.2) is 30.7 Å². The lowest BCUT2D eigenvalue weighted by molar-refractivity contribution is 0.181. The second-order valence-electron chi connectivity index (χ2n) is 2.87. The normalized spacial score (nSPS) is 39.6. The predicted molar refractivity (Wildman–Crippen MR) is 40.9 cm³/mol. The Morgan fingerprint density at radius 2 is 2.30 bits per heavy atom. The molecule has 56 valence electrons. The van der Waals surface area contributed by atoms with Crippen molar-refractivity contribution in [1.82, 2.24) is 0 Å². The van der Waals surface area contributed by atoms with E-state index < -0.39 is 0 Å². The first-order chi connectivity index (χ1) is 4.75. The fourth-order valence-corrected chi connectivity index (χ4v) is 1.52. The van der Waals surface area contributed by atoms with E-state index in [0.29, 0.717) is 7.28 Å². The lowest BCUT2D eigenvalue weighted by Crippen LogP contribution is -2.29. The number of carbonyl (C=O) groups excluding carboxylic acids is 1. The Labute approximate surface area is 60.8 Å². The molecule has 10 heavy (non-hydrogen) atoms. The van der Waals surface area contributed by atoms with Crippen LogP contribution in [0.3, 0.4) is 0 Å². The van der Waals surface area contributed by atoms with Crippen molar-refractivity contribution in [3.8, 4) is 0 Å². The quantitative estimate of drug-likeness (QED) is 0.378. The number of nitrogens with two attached hydrogens (primary N) is 1. The number of aliphatic hydroxyl groups is 1. The summed E-state index contributed by atoms with van der Waals surface area (Å²) in [5.74, 6) is 0.0116. The molecule has 0 aromatic carbocycles. The van der Waals surface area contributed by atoms with E-state index in [1.54, 1.807) is 0 Å². The highest BCUT2D eigenvalue weighted by molar-refractivity contribution is 6.68. The van der Waals surface area contributed by atoms with Gasteiger partial charge in [0.2, 0.25) is 7.28 Å². The van der Waals surface area contributed by atoms with Crippen molar-refractivity contribution in [1.29, 1.82) is 0 Å². The van der Waals surface area contributed by atoms with Gasteiger partial charge in [0.25, 0.3) is 0 Å². The molecule has 1 unspecified atom stereocenters. The third-order valence-corrected chi connectivity index (χ3v) is 2.21. The number of carbonyl (C=O) groups is 1. The first-order valence-corrected chi connectivity index (χ1v) is 3.63. The molecule has 0 heterocycles. The van der Waals surface area contributed by atoms with E-state index in [2.05, 4.69) is 0 Å². The summed E-state index contributed by atoms with van der Waals surface area (Å²) in [4.78, 5) is 10.1. The number of hydrogen-bond donors (Lipinski definition) is 2. The van der Waals surface area contributed by atoms with E-state index in [-0.39, 0.29) is 18.0 Å². The molecule has 0 amide bonds. The van der Waals surface area contributed by atoms with Crippen molar-refractivity contribution >= 4 is 13.5 Å². The zero-order valence-corrected chi connectivity index (χ0v) is 5.86. The summed E-state index contributed by atoms with van der Waals surface area (Å²) in [5.41, 5.74) is 5.64. The predicted octanol–water partition coefficient (Wildman–Crippen LogP) is -1.12. The van der Waals surface area contributed by atoms with Gasteiger partial charge in [0, 0.05) is 6.04 Å². The molecule has 1 fully saturated rings. The third-order valence-electron chi connectivity index (χ3n) is 2.21. The van der Waals surface area contributed by atoms with E-state index in [1.165, 1.54) is 0 Å². The van der Waals surface area contributed by atoms with Crippen LogP contribution in [0, 0.1) is 0 Å². The minimum atomic E-state index is -0.347. The number of rotatable bonds is 2. The second kappa shape index (κ2) is 3.17. The minimum Gasteiger partial charge on any atom is -0.393 e. The van der Waals surface area contributed by atoms with Gasteiger partial charge in [-0.2, -0.15) is 0 Å². The van der Waals surface area contributed by atoms with Crippen molar-refractivity contribution in [2.45, 2.75) is 30.8 Å². The molecular weight excluding hydrogens is 129 g/mol. The standard InChI is InChI=1S/C6H12BNO2/c8-4-1-2-5(10)6(4)7-3-9/h3-7,10H,1-2,8H2/t4-,5?,6+/m0/s1. The van der Waals surface area contributed by atoms with Crippen LogP contribution in [0.1, 0.15) is 12.8 Å². The maximum Gasteiger partial charge on any atom is 0.208 e. The molecule has 0 radical (unpaired) electrons. The molecule has 0 bridgehead atoms. The van der Waals surface area contributed by atoms with E-state index in [9.17, 15) is 9.90 Å². The van der Waals surface area contributed by atoms with Crippen LogP contribution >= 0.6 is 0 Å². The van der Waals surface area contributed by atoms with Crippen molar-refractivity contribution < 1.29 is 9.90 Å². The summed E-state index contributed by atoms with van der Waals surface area (Å²) < 4.78 is 0. The van der Waals surface area contributed by atoms with Gasteiger partial charge in [-0.25, -0.2) is 0 Å². The highest BCUT2D eigenvalue weighted by atomic mass is 16.3. The summed E-state index contributed by atoms with van der Waals surface area (Å²) in [7, 11) is 0.405. The van der Waals surface area contributed by atoms with Gasteiger partial charge in [0.05, 0.1) is 12.3 Å². The Kier molecular flexibility index (Phi) is 2.46. The fourth-order valence-electron chi connectivity index (χ4n) is 1.52. The second-order valence-corrected chi connectivity index (χ2v) is 2.87. The molecular formula is C6H12BNO2. The number of aliphatic hydroxyl groups excluding tert-OH is 1. The Morgan fingerprint density at radius 3 is 2.70 bits per heavy atom. The van der Waals surface area contributed by atoms with Gasteiger partial charge in [-0.3, -0.25) is 0 Å². The number of hydrogen-bond acceptors (Lipinski definition) is 3. The molecule has 1 rings (SSSR count). The Balaban J connectivity index is 2.45.